The molecule has 9 aromatic heterocycles. The van der Waals surface area contributed by atoms with E-state index in [1.54, 1.807) is 0 Å². The van der Waals surface area contributed by atoms with Crippen molar-refractivity contribution in [1.82, 2.24) is 57.3 Å². The molecule has 0 spiro atoms. The van der Waals surface area contributed by atoms with Crippen LogP contribution in [0.4, 0.5) is 0 Å². The summed E-state index contributed by atoms with van der Waals surface area (Å²) in [7, 11) is 6.24. The molecule has 9 heterocycles. The Morgan fingerprint density at radius 1 is 0.201 bits per heavy atom. The minimum atomic E-state index is 0. The van der Waals surface area contributed by atoms with Crippen LogP contribution in [0.5, 0.6) is 0 Å². The van der Waals surface area contributed by atoms with Crippen molar-refractivity contribution in [2.75, 3.05) is 0 Å². The predicted octanol–water partition coefficient (Wildman–Crippen LogP) is 31.0. The van der Waals surface area contributed by atoms with E-state index in [1.165, 1.54) is 49.7 Å². The number of hydrogen-bond acceptors (Lipinski definition) is 6. The summed E-state index contributed by atoms with van der Waals surface area (Å²) in [5.74, 6) is 2.63. The molecule has 0 aliphatic carbocycles. The van der Waals surface area contributed by atoms with Gasteiger partial charge in [-0.25, -0.2) is 0 Å². The first-order chi connectivity index (χ1) is 69.7. The van der Waals surface area contributed by atoms with Gasteiger partial charge in [0, 0.05) is 61.8 Å². The van der Waals surface area contributed by atoms with Gasteiger partial charge >= 0.3 is 63.2 Å². The number of benzene rings is 18. The topological polar surface area (TPSA) is 107 Å². The van der Waals surface area contributed by atoms with E-state index in [0.717, 1.165) is 201 Å². The monoisotopic (exact) mass is 2390 g/mol. The van der Waals surface area contributed by atoms with Gasteiger partial charge in [-0.3, -0.25) is 15.0 Å². The second-order valence-electron chi connectivity index (χ2n) is 35.3. The molecule has 0 radical (unpaired) electrons. The predicted molar refractivity (Wildman–Crippen MR) is 577 cm³/mol. The van der Waals surface area contributed by atoms with E-state index in [1.807, 2.05) is 97.5 Å². The summed E-state index contributed by atoms with van der Waals surface area (Å²) in [5.41, 5.74) is 37.5. The van der Waals surface area contributed by atoms with Crippen LogP contribution in [0.15, 0.2) is 455 Å². The van der Waals surface area contributed by atoms with Gasteiger partial charge in [-0.2, -0.15) is 0 Å². The van der Waals surface area contributed by atoms with Gasteiger partial charge in [0.05, 0.1) is 50.6 Å². The first-order valence-electron chi connectivity index (χ1n) is 47.2. The van der Waals surface area contributed by atoms with Crippen molar-refractivity contribution in [2.45, 2.75) is 0 Å². The smallest absolute Gasteiger partial charge is 0.367 e. The molecule has 0 aliphatic heterocycles. The van der Waals surface area contributed by atoms with Crippen molar-refractivity contribution in [3.63, 3.8) is 0 Å². The minimum absolute atomic E-state index is 0. The maximum absolute atomic E-state index is 5.26. The second kappa shape index (κ2) is 39.8. The Hall–Kier alpha value is -16.7. The van der Waals surface area contributed by atoms with E-state index in [2.05, 4.69) is 458 Å². The van der Waals surface area contributed by atoms with Crippen LogP contribution in [0.25, 0.3) is 250 Å². The largest absolute Gasteiger partial charge is 2.00 e. The van der Waals surface area contributed by atoms with Gasteiger partial charge in [-0.1, -0.05) is 312 Å². The molecule has 27 rings (SSSR count). The fraction of sp³-hybridized carbons (Fsp3) is 0.0233. The average molecular weight is 2390 g/mol. The molecule has 0 aliphatic rings. The third-order valence-corrected chi connectivity index (χ3v) is 27.0. The molecule has 144 heavy (non-hydrogen) atoms. The van der Waals surface area contributed by atoms with Crippen molar-refractivity contribution in [3.05, 3.63) is 492 Å². The maximum atomic E-state index is 5.26. The number of aryl methyl sites for hydroxylation is 3. The zero-order valence-electron chi connectivity index (χ0n) is 78.1. The molecule has 0 amide bonds. The van der Waals surface area contributed by atoms with Crippen molar-refractivity contribution in [2.24, 2.45) is 21.1 Å². The van der Waals surface area contributed by atoms with Crippen molar-refractivity contribution in [1.29, 1.82) is 0 Å². The van der Waals surface area contributed by atoms with Crippen LogP contribution >= 0.6 is 0 Å². The van der Waals surface area contributed by atoms with Crippen molar-refractivity contribution in [3.8, 4) is 152 Å². The summed E-state index contributed by atoms with van der Waals surface area (Å²) >= 11 is 0. The minimum Gasteiger partial charge on any atom is -0.367 e. The zero-order valence-corrected chi connectivity index (χ0v) is 84.9. The van der Waals surface area contributed by atoms with Crippen LogP contribution in [0.1, 0.15) is 0 Å². The number of hydrogen-bond donors (Lipinski definition) is 0. The molecule has 0 fully saturated rings. The van der Waals surface area contributed by atoms with Gasteiger partial charge in [0.15, 0.2) is 0 Å². The van der Waals surface area contributed by atoms with E-state index < -0.39 is 0 Å². The first kappa shape index (κ1) is 92.3. The maximum Gasteiger partial charge on any atom is 2.00 e. The van der Waals surface area contributed by atoms with E-state index in [-0.39, 0.29) is 63.2 Å². The molecule has 0 bridgehead atoms. The Balaban J connectivity index is 0.000000122. The third-order valence-electron chi connectivity index (χ3n) is 27.0. The molecule has 12 nitrogen and oxygen atoms in total. The Morgan fingerprint density at radius 2 is 0.535 bits per heavy atom. The molecule has 18 aromatic carbocycles. The molecule has 27 aromatic rings. The number of pyridine rings is 3. The van der Waals surface area contributed by atoms with E-state index >= 15 is 0 Å². The first-order valence-corrected chi connectivity index (χ1v) is 47.2. The van der Waals surface area contributed by atoms with E-state index in [9.17, 15) is 0 Å². The summed E-state index contributed by atoms with van der Waals surface area (Å²) in [5, 5.41) is 6.92. The van der Waals surface area contributed by atoms with Gasteiger partial charge in [0.25, 0.3) is 0 Å². The van der Waals surface area contributed by atoms with Gasteiger partial charge in [0.1, 0.15) is 0 Å². The number of aromatic nitrogens is 12. The molecule has 0 N–H and O–H groups in total. The van der Waals surface area contributed by atoms with Gasteiger partial charge < -0.3 is 42.4 Å². The number of imidazole rings is 3. The van der Waals surface area contributed by atoms with Crippen LogP contribution < -0.4 is 0 Å². The van der Waals surface area contributed by atoms with Crippen LogP contribution in [-0.4, -0.2) is 57.3 Å². The van der Waals surface area contributed by atoms with Gasteiger partial charge in [0.2, 0.25) is 0 Å². The van der Waals surface area contributed by atoms with Gasteiger partial charge in [-0.15, -0.1) is 155 Å². The fourth-order valence-corrected chi connectivity index (χ4v) is 20.0. The standard InChI is InChI=1S/3C43H28N4.3Pt/c1-46-40-17-8-6-15-38(40)45-43(46)33-23-25-36-35-13-5-7-16-39(35)47(42(36)28-33)41-27-32(37-14-9-10-26-44-37)22-24-34(41)31-20-18-30(19-21-31)29-11-3-2-4-12-29;1-46-40-19-10-16-35(31-22-20-30(21-23-31)29-11-3-2-4-12-29)42(40)45-43(46)33-24-25-37-36-15-5-6-18-39(36)47(41(37)28-33)34-14-9-13-32(27-34)38-17-7-8-26-44-38;1-46-41-24-22-32(31-19-17-30(18-20-31)29-10-3-2-4-11-29)27-39(41)45-43(46)34-21-23-37-36-14-5-6-16-40(36)47(42(37)28-34)35-13-9-12-33(26-35)38-15-7-8-25-44-38;;;/h2*2-26H,1H3;2-25,27H,1H3;;;/q3*-2;3*+2. The molecule has 0 saturated carbocycles. The molecule has 0 atom stereocenters. The van der Waals surface area contributed by atoms with Gasteiger partial charge in [-0.05, 0) is 184 Å². The molecular formula is C129H84N12Pt3. The van der Waals surface area contributed by atoms with Crippen molar-refractivity contribution < 1.29 is 63.2 Å². The normalized spacial score (nSPS) is 11.3. The van der Waals surface area contributed by atoms with Crippen LogP contribution in [0, 0.1) is 36.4 Å². The number of para-hydroxylation sites is 6. The summed E-state index contributed by atoms with van der Waals surface area (Å²) in [6.45, 7) is 0. The Morgan fingerprint density at radius 3 is 0.986 bits per heavy atom. The number of rotatable bonds is 15. The van der Waals surface area contributed by atoms with Crippen LogP contribution in [-0.2, 0) is 84.3 Å². The summed E-state index contributed by atoms with van der Waals surface area (Å²) in [4.78, 5) is 29.2. The fourth-order valence-electron chi connectivity index (χ4n) is 20.0. The van der Waals surface area contributed by atoms with Crippen molar-refractivity contribution >= 4 is 98.5 Å². The van der Waals surface area contributed by atoms with Crippen LogP contribution in [0.3, 0.4) is 0 Å². The third kappa shape index (κ3) is 17.1. The molecule has 0 unspecified atom stereocenters. The Labute approximate surface area is 876 Å². The quantitative estimate of drug-likeness (QED) is 0.0947. The number of fused-ring (bicyclic) bond motifs is 12. The second-order valence-corrected chi connectivity index (χ2v) is 35.3. The average Bonchev–Trinajstić information content (AvgIpc) is 1.58. The molecule has 0 saturated heterocycles. The summed E-state index contributed by atoms with van der Waals surface area (Å²) < 4.78 is 13.3. The molecule has 690 valence electrons. The molecular weight excluding hydrogens is 2300 g/mol. The molecule has 15 heteroatoms. The number of nitrogens with zero attached hydrogens (tertiary/aromatic N) is 12. The van der Waals surface area contributed by atoms with E-state index in [0.29, 0.717) is 0 Å². The van der Waals surface area contributed by atoms with Crippen LogP contribution in [0.2, 0.25) is 0 Å². The Kier molecular flexibility index (Phi) is 25.5. The SMILES string of the molecule is Cn1c(-c2[c-]c3c(cc2)c2ccccc2n3-c2[c-]c(-c3ccccn3)ccc2)nc2c(-c3ccc(-c4ccccc4)cc3)cccc21.Cn1c(-c2[c-]c3c(cc2)c2ccccc2n3-c2[c-]c(-c3ccccn3)ccc2)nc2cc(-c3ccc(-c4ccccc4)cc3)ccc21.Cn1c(-c2[c-]c3c(cc2)c2ccccc2n3-c2[c-]c(-c3ccccn3)ccc2-c2ccc(-c3ccccc3)cc2)nc2ccccc21.[Pt+2].[Pt+2].[Pt+2]. The summed E-state index contributed by atoms with van der Waals surface area (Å²) in [6, 6.07) is 175. The van der Waals surface area contributed by atoms with E-state index in [4.69, 9.17) is 15.0 Å². The zero-order chi connectivity index (χ0) is 94.0. The summed E-state index contributed by atoms with van der Waals surface area (Å²) in [6.07, 6.45) is 5.46. The Bertz CT molecular complexity index is 9430.